The molecule has 0 heterocycles. The summed E-state index contributed by atoms with van der Waals surface area (Å²) in [7, 11) is 1.64. The van der Waals surface area contributed by atoms with Crippen molar-refractivity contribution in [2.45, 2.75) is 17.9 Å². The number of aliphatic hydroxyl groups is 1. The zero-order chi connectivity index (χ0) is 9.84. The van der Waals surface area contributed by atoms with Gasteiger partial charge in [0.25, 0.3) is 0 Å². The Morgan fingerprint density at radius 2 is 2.15 bits per heavy atom. The highest BCUT2D eigenvalue weighted by Crippen LogP contribution is 2.34. The van der Waals surface area contributed by atoms with Crippen molar-refractivity contribution in [3.63, 3.8) is 0 Å². The maximum Gasteiger partial charge on any atom is 0.132 e. The predicted octanol–water partition coefficient (Wildman–Crippen LogP) is 2.47. The fourth-order valence-corrected chi connectivity index (χ4v) is 2.07. The number of hydrogen-bond acceptors (Lipinski definition) is 3. The number of hydrogen-bond donors (Lipinski definition) is 1. The Hall–Kier alpha value is -0.670. The van der Waals surface area contributed by atoms with E-state index in [1.54, 1.807) is 25.8 Å². The van der Waals surface area contributed by atoms with Crippen LogP contribution < -0.4 is 4.74 Å². The van der Waals surface area contributed by atoms with E-state index in [2.05, 4.69) is 0 Å². The van der Waals surface area contributed by atoms with Crippen LogP contribution in [0.3, 0.4) is 0 Å². The SMILES string of the molecule is COc1cccc(C(C)O)c1SC. The first-order valence-electron chi connectivity index (χ1n) is 4.09. The van der Waals surface area contributed by atoms with Crippen LogP contribution in [-0.2, 0) is 0 Å². The highest BCUT2D eigenvalue weighted by molar-refractivity contribution is 7.98. The highest BCUT2D eigenvalue weighted by Gasteiger charge is 2.11. The third-order valence-electron chi connectivity index (χ3n) is 1.88. The van der Waals surface area contributed by atoms with E-state index in [9.17, 15) is 5.11 Å². The van der Waals surface area contributed by atoms with Crippen molar-refractivity contribution in [3.05, 3.63) is 23.8 Å². The van der Waals surface area contributed by atoms with Gasteiger partial charge in [0.2, 0.25) is 0 Å². The summed E-state index contributed by atoms with van der Waals surface area (Å²) in [5.74, 6) is 0.825. The van der Waals surface area contributed by atoms with Gasteiger partial charge in [0.1, 0.15) is 5.75 Å². The van der Waals surface area contributed by atoms with E-state index in [1.165, 1.54) is 0 Å². The van der Waals surface area contributed by atoms with Crippen molar-refractivity contribution in [1.29, 1.82) is 0 Å². The maximum atomic E-state index is 9.49. The molecular weight excluding hydrogens is 184 g/mol. The van der Waals surface area contributed by atoms with E-state index in [1.807, 2.05) is 24.5 Å². The molecule has 1 N–H and O–H groups in total. The third-order valence-corrected chi connectivity index (χ3v) is 2.73. The molecule has 1 rings (SSSR count). The zero-order valence-corrected chi connectivity index (χ0v) is 8.89. The molecule has 0 amide bonds. The summed E-state index contributed by atoms with van der Waals surface area (Å²) in [6, 6.07) is 5.71. The molecule has 0 saturated carbocycles. The summed E-state index contributed by atoms with van der Waals surface area (Å²) >= 11 is 1.59. The van der Waals surface area contributed by atoms with E-state index in [0.29, 0.717) is 0 Å². The van der Waals surface area contributed by atoms with E-state index in [4.69, 9.17) is 4.74 Å². The molecule has 0 radical (unpaired) electrons. The molecule has 72 valence electrons. The van der Waals surface area contributed by atoms with Crippen LogP contribution in [0.25, 0.3) is 0 Å². The van der Waals surface area contributed by atoms with E-state index < -0.39 is 6.10 Å². The van der Waals surface area contributed by atoms with Crippen LogP contribution >= 0.6 is 11.8 Å². The smallest absolute Gasteiger partial charge is 0.132 e. The van der Waals surface area contributed by atoms with Crippen LogP contribution in [-0.4, -0.2) is 18.5 Å². The molecule has 1 unspecified atom stereocenters. The molecule has 2 nitrogen and oxygen atoms in total. The van der Waals surface area contributed by atoms with Crippen molar-refractivity contribution in [2.24, 2.45) is 0 Å². The second kappa shape index (κ2) is 4.53. The van der Waals surface area contributed by atoms with Crippen LogP contribution in [0.15, 0.2) is 23.1 Å². The second-order valence-electron chi connectivity index (χ2n) is 2.76. The van der Waals surface area contributed by atoms with E-state index in [-0.39, 0.29) is 0 Å². The van der Waals surface area contributed by atoms with Crippen LogP contribution in [0.1, 0.15) is 18.6 Å². The normalized spacial score (nSPS) is 12.6. The zero-order valence-electron chi connectivity index (χ0n) is 8.07. The monoisotopic (exact) mass is 198 g/mol. The Labute approximate surface area is 82.9 Å². The summed E-state index contributed by atoms with van der Waals surface area (Å²) in [4.78, 5) is 1.01. The Morgan fingerprint density at radius 1 is 1.46 bits per heavy atom. The lowest BCUT2D eigenvalue weighted by Crippen LogP contribution is -1.96. The van der Waals surface area contributed by atoms with E-state index >= 15 is 0 Å². The Bertz CT molecular complexity index is 284. The fraction of sp³-hybridized carbons (Fsp3) is 0.400. The number of thioether (sulfide) groups is 1. The third kappa shape index (κ3) is 2.17. The summed E-state index contributed by atoms with van der Waals surface area (Å²) in [6.45, 7) is 1.76. The van der Waals surface area contributed by atoms with Crippen molar-refractivity contribution in [2.75, 3.05) is 13.4 Å². The minimum Gasteiger partial charge on any atom is -0.496 e. The molecule has 0 bridgehead atoms. The van der Waals surface area contributed by atoms with Gasteiger partial charge in [-0.1, -0.05) is 12.1 Å². The number of ether oxygens (including phenoxy) is 1. The molecule has 1 aromatic rings. The van der Waals surface area contributed by atoms with Gasteiger partial charge in [-0.25, -0.2) is 0 Å². The van der Waals surface area contributed by atoms with Gasteiger partial charge in [0, 0.05) is 0 Å². The van der Waals surface area contributed by atoms with Gasteiger partial charge in [-0.05, 0) is 24.8 Å². The number of benzene rings is 1. The molecule has 0 spiro atoms. The predicted molar refractivity (Wildman–Crippen MR) is 55.4 cm³/mol. The number of rotatable bonds is 3. The van der Waals surface area contributed by atoms with Crippen molar-refractivity contribution in [3.8, 4) is 5.75 Å². The molecule has 13 heavy (non-hydrogen) atoms. The highest BCUT2D eigenvalue weighted by atomic mass is 32.2. The summed E-state index contributed by atoms with van der Waals surface area (Å²) in [6.07, 6.45) is 1.53. The standard InChI is InChI=1S/C10H14O2S/c1-7(11)8-5-4-6-9(12-2)10(8)13-3/h4-7,11H,1-3H3. The molecule has 0 fully saturated rings. The van der Waals surface area contributed by atoms with Gasteiger partial charge in [-0.3, -0.25) is 0 Å². The molecule has 1 atom stereocenters. The molecule has 0 aliphatic carbocycles. The Balaban J connectivity index is 3.19. The van der Waals surface area contributed by atoms with Gasteiger partial charge >= 0.3 is 0 Å². The van der Waals surface area contributed by atoms with Crippen LogP contribution in [0.4, 0.5) is 0 Å². The lowest BCUT2D eigenvalue weighted by molar-refractivity contribution is 0.195. The van der Waals surface area contributed by atoms with Gasteiger partial charge in [0.05, 0.1) is 18.1 Å². The van der Waals surface area contributed by atoms with Gasteiger partial charge in [-0.2, -0.15) is 0 Å². The molecule has 0 saturated heterocycles. The fourth-order valence-electron chi connectivity index (χ4n) is 1.24. The topological polar surface area (TPSA) is 29.5 Å². The molecule has 0 aromatic heterocycles. The Kier molecular flexibility index (Phi) is 3.63. The lowest BCUT2D eigenvalue weighted by Gasteiger charge is -2.13. The Morgan fingerprint density at radius 3 is 2.62 bits per heavy atom. The summed E-state index contributed by atoms with van der Waals surface area (Å²) < 4.78 is 5.20. The van der Waals surface area contributed by atoms with Crippen molar-refractivity contribution >= 4 is 11.8 Å². The lowest BCUT2D eigenvalue weighted by atomic mass is 10.1. The summed E-state index contributed by atoms with van der Waals surface area (Å²) in [5, 5.41) is 9.49. The average Bonchev–Trinajstić information content (AvgIpc) is 2.16. The molecular formula is C10H14O2S. The first-order chi connectivity index (χ1) is 6.20. The van der Waals surface area contributed by atoms with E-state index in [0.717, 1.165) is 16.2 Å². The first kappa shape index (κ1) is 10.4. The first-order valence-corrected chi connectivity index (χ1v) is 5.32. The molecule has 0 aliphatic rings. The van der Waals surface area contributed by atoms with Crippen LogP contribution in [0, 0.1) is 0 Å². The second-order valence-corrected chi connectivity index (χ2v) is 3.58. The van der Waals surface area contributed by atoms with Crippen LogP contribution in [0.5, 0.6) is 5.75 Å². The largest absolute Gasteiger partial charge is 0.496 e. The maximum absolute atomic E-state index is 9.49. The van der Waals surface area contributed by atoms with Crippen molar-refractivity contribution in [1.82, 2.24) is 0 Å². The number of methoxy groups -OCH3 is 1. The summed E-state index contributed by atoms with van der Waals surface area (Å²) in [5.41, 5.74) is 0.923. The van der Waals surface area contributed by atoms with Gasteiger partial charge in [-0.15, -0.1) is 11.8 Å². The minimum atomic E-state index is -0.447. The van der Waals surface area contributed by atoms with Crippen molar-refractivity contribution < 1.29 is 9.84 Å². The minimum absolute atomic E-state index is 0.447. The van der Waals surface area contributed by atoms with Crippen LogP contribution in [0.2, 0.25) is 0 Å². The van der Waals surface area contributed by atoms with Gasteiger partial charge in [0.15, 0.2) is 0 Å². The molecule has 3 heteroatoms. The molecule has 0 aliphatic heterocycles. The molecule has 1 aromatic carbocycles. The van der Waals surface area contributed by atoms with Gasteiger partial charge < -0.3 is 9.84 Å². The quantitative estimate of drug-likeness (QED) is 0.757. The average molecular weight is 198 g/mol. The number of aliphatic hydroxyl groups excluding tert-OH is 1.